The van der Waals surface area contributed by atoms with Gasteiger partial charge in [0, 0.05) is 34.3 Å². The lowest BCUT2D eigenvalue weighted by Gasteiger charge is -2.11. The molecular formula is C18H16ClNO3. The van der Waals surface area contributed by atoms with Crippen LogP contribution in [0.1, 0.15) is 16.7 Å². The Labute approximate surface area is 138 Å². The smallest absolute Gasteiger partial charge is 0.336 e. The summed E-state index contributed by atoms with van der Waals surface area (Å²) in [7, 11) is 0. The second-order valence-corrected chi connectivity index (χ2v) is 5.90. The fraction of sp³-hybridized carbons (Fsp3) is 0.167. The van der Waals surface area contributed by atoms with Gasteiger partial charge in [0.15, 0.2) is 0 Å². The summed E-state index contributed by atoms with van der Waals surface area (Å²) < 4.78 is 5.24. The highest BCUT2D eigenvalue weighted by molar-refractivity contribution is 6.31. The molecule has 1 heterocycles. The second-order valence-electron chi connectivity index (χ2n) is 5.49. The van der Waals surface area contributed by atoms with Crippen molar-refractivity contribution in [1.82, 2.24) is 0 Å². The van der Waals surface area contributed by atoms with E-state index in [-0.39, 0.29) is 5.75 Å². The van der Waals surface area contributed by atoms with Gasteiger partial charge in [0.2, 0.25) is 0 Å². The molecule has 0 saturated carbocycles. The number of phenolic OH excluding ortho intramolecular Hbond substituents is 1. The van der Waals surface area contributed by atoms with E-state index in [2.05, 4.69) is 5.32 Å². The average molecular weight is 330 g/mol. The van der Waals surface area contributed by atoms with Crippen LogP contribution in [0.15, 0.2) is 45.6 Å². The summed E-state index contributed by atoms with van der Waals surface area (Å²) >= 11 is 6.12. The number of rotatable bonds is 3. The topological polar surface area (TPSA) is 62.5 Å². The molecule has 0 aliphatic carbocycles. The van der Waals surface area contributed by atoms with E-state index in [0.717, 1.165) is 22.2 Å². The van der Waals surface area contributed by atoms with Gasteiger partial charge >= 0.3 is 5.63 Å². The molecule has 0 fully saturated rings. The number of anilines is 1. The number of halogens is 1. The van der Waals surface area contributed by atoms with Crippen molar-refractivity contribution in [3.05, 3.63) is 68.5 Å². The highest BCUT2D eigenvalue weighted by Crippen LogP contribution is 2.28. The molecule has 0 saturated heterocycles. The van der Waals surface area contributed by atoms with Gasteiger partial charge in [-0.25, -0.2) is 4.79 Å². The highest BCUT2D eigenvalue weighted by Gasteiger charge is 2.10. The van der Waals surface area contributed by atoms with E-state index in [9.17, 15) is 9.90 Å². The quantitative estimate of drug-likeness (QED) is 0.700. The van der Waals surface area contributed by atoms with Crippen LogP contribution in [0.3, 0.4) is 0 Å². The Balaban J connectivity index is 1.98. The van der Waals surface area contributed by atoms with E-state index in [1.54, 1.807) is 19.1 Å². The zero-order valence-corrected chi connectivity index (χ0v) is 13.6. The van der Waals surface area contributed by atoms with Gasteiger partial charge in [0.25, 0.3) is 0 Å². The number of hydrogen-bond donors (Lipinski definition) is 2. The van der Waals surface area contributed by atoms with Crippen LogP contribution in [0.2, 0.25) is 5.02 Å². The summed E-state index contributed by atoms with van der Waals surface area (Å²) in [4.78, 5) is 11.8. The summed E-state index contributed by atoms with van der Waals surface area (Å²) in [5, 5.41) is 14.5. The average Bonchev–Trinajstić information content (AvgIpc) is 2.52. The third kappa shape index (κ3) is 3.03. The summed E-state index contributed by atoms with van der Waals surface area (Å²) in [5.41, 5.74) is 3.21. The van der Waals surface area contributed by atoms with E-state index in [0.29, 0.717) is 22.7 Å². The Bertz CT molecular complexity index is 947. The number of nitrogens with one attached hydrogen (secondary N) is 1. The molecule has 0 radical (unpaired) electrons. The van der Waals surface area contributed by atoms with E-state index in [1.165, 1.54) is 6.07 Å². The van der Waals surface area contributed by atoms with Crippen molar-refractivity contribution < 1.29 is 9.52 Å². The molecule has 23 heavy (non-hydrogen) atoms. The van der Waals surface area contributed by atoms with Gasteiger partial charge in [0.05, 0.1) is 0 Å². The Hall–Kier alpha value is -2.46. The normalized spacial score (nSPS) is 10.9. The number of hydrogen-bond acceptors (Lipinski definition) is 4. The Kier molecular flexibility index (Phi) is 4.01. The van der Waals surface area contributed by atoms with Crippen LogP contribution in [0.25, 0.3) is 11.0 Å². The van der Waals surface area contributed by atoms with Crippen molar-refractivity contribution in [2.24, 2.45) is 0 Å². The molecule has 2 aromatic carbocycles. The van der Waals surface area contributed by atoms with E-state index < -0.39 is 5.63 Å². The maximum atomic E-state index is 11.8. The van der Waals surface area contributed by atoms with E-state index in [4.69, 9.17) is 16.0 Å². The van der Waals surface area contributed by atoms with Gasteiger partial charge in [0.1, 0.15) is 11.3 Å². The molecule has 3 aromatic rings. The molecule has 1 aromatic heterocycles. The summed E-state index contributed by atoms with van der Waals surface area (Å²) in [5.74, 6) is 0.107. The lowest BCUT2D eigenvalue weighted by molar-refractivity contribution is 0.468. The predicted octanol–water partition coefficient (Wildman–Crippen LogP) is 4.38. The Morgan fingerprint density at radius 1 is 1.17 bits per heavy atom. The van der Waals surface area contributed by atoms with Crippen LogP contribution in [0, 0.1) is 13.8 Å². The zero-order chi connectivity index (χ0) is 16.6. The van der Waals surface area contributed by atoms with Gasteiger partial charge < -0.3 is 14.8 Å². The van der Waals surface area contributed by atoms with Gasteiger partial charge in [-0.15, -0.1) is 0 Å². The molecule has 2 N–H and O–H groups in total. The molecule has 0 bridgehead atoms. The van der Waals surface area contributed by atoms with Crippen LogP contribution < -0.4 is 10.9 Å². The summed E-state index contributed by atoms with van der Waals surface area (Å²) in [6.45, 7) is 4.11. The first kappa shape index (κ1) is 15.4. The van der Waals surface area contributed by atoms with Gasteiger partial charge in [-0.05, 0) is 49.2 Å². The zero-order valence-electron chi connectivity index (χ0n) is 12.8. The second kappa shape index (κ2) is 5.97. The molecule has 0 aliphatic heterocycles. The largest absolute Gasteiger partial charge is 0.508 e. The summed E-state index contributed by atoms with van der Waals surface area (Å²) in [6.07, 6.45) is 0. The molecule has 3 rings (SSSR count). The first-order valence-corrected chi connectivity index (χ1v) is 7.59. The third-order valence-electron chi connectivity index (χ3n) is 3.87. The molecule has 0 atom stereocenters. The van der Waals surface area contributed by atoms with Crippen molar-refractivity contribution in [2.75, 3.05) is 5.32 Å². The van der Waals surface area contributed by atoms with Crippen molar-refractivity contribution in [3.8, 4) is 5.75 Å². The molecule has 118 valence electrons. The molecule has 0 amide bonds. The number of benzene rings is 2. The fourth-order valence-corrected chi connectivity index (χ4v) is 2.64. The van der Waals surface area contributed by atoms with Crippen LogP contribution in [-0.4, -0.2) is 5.11 Å². The van der Waals surface area contributed by atoms with Crippen LogP contribution in [-0.2, 0) is 6.54 Å². The summed E-state index contributed by atoms with van der Waals surface area (Å²) in [6, 6.07) is 10.5. The number of phenols is 1. The van der Waals surface area contributed by atoms with Crippen molar-refractivity contribution >= 4 is 28.3 Å². The van der Waals surface area contributed by atoms with Gasteiger partial charge in [-0.3, -0.25) is 0 Å². The van der Waals surface area contributed by atoms with Crippen LogP contribution >= 0.6 is 11.6 Å². The molecule has 0 aliphatic rings. The van der Waals surface area contributed by atoms with Gasteiger partial charge in [-0.1, -0.05) is 17.7 Å². The monoisotopic (exact) mass is 329 g/mol. The number of fused-ring (bicyclic) bond motifs is 1. The third-order valence-corrected chi connectivity index (χ3v) is 4.28. The molecular weight excluding hydrogens is 314 g/mol. The minimum atomic E-state index is -0.440. The Morgan fingerprint density at radius 3 is 2.70 bits per heavy atom. The van der Waals surface area contributed by atoms with Crippen molar-refractivity contribution in [1.29, 1.82) is 0 Å². The number of aryl methyl sites for hydroxylation is 2. The Morgan fingerprint density at radius 2 is 1.96 bits per heavy atom. The molecule has 5 heteroatoms. The standard InChI is InChI=1S/C18H16ClNO3/c1-10-3-4-13(8-15(10)19)20-9-12-7-17(22)23-18-11(2)16(21)6-5-14(12)18/h3-8,20-21H,9H2,1-2H3. The van der Waals surface area contributed by atoms with Crippen LogP contribution in [0.5, 0.6) is 5.75 Å². The maximum Gasteiger partial charge on any atom is 0.336 e. The number of aromatic hydroxyl groups is 1. The van der Waals surface area contributed by atoms with E-state index in [1.807, 2.05) is 25.1 Å². The maximum absolute atomic E-state index is 11.8. The molecule has 0 unspecified atom stereocenters. The van der Waals surface area contributed by atoms with Crippen LogP contribution in [0.4, 0.5) is 5.69 Å². The van der Waals surface area contributed by atoms with Crippen molar-refractivity contribution in [2.45, 2.75) is 20.4 Å². The lowest BCUT2D eigenvalue weighted by atomic mass is 10.1. The van der Waals surface area contributed by atoms with Gasteiger partial charge in [-0.2, -0.15) is 0 Å². The first-order valence-electron chi connectivity index (χ1n) is 7.21. The highest BCUT2D eigenvalue weighted by atomic mass is 35.5. The minimum Gasteiger partial charge on any atom is -0.508 e. The molecule has 0 spiro atoms. The van der Waals surface area contributed by atoms with E-state index >= 15 is 0 Å². The minimum absolute atomic E-state index is 0.107. The van der Waals surface area contributed by atoms with Crippen molar-refractivity contribution in [3.63, 3.8) is 0 Å². The SMILES string of the molecule is Cc1ccc(NCc2cc(=O)oc3c(C)c(O)ccc23)cc1Cl. The lowest BCUT2D eigenvalue weighted by Crippen LogP contribution is -2.06. The molecule has 4 nitrogen and oxygen atoms in total. The fourth-order valence-electron chi connectivity index (χ4n) is 2.46. The predicted molar refractivity (Wildman–Crippen MR) is 92.4 cm³/mol. The first-order chi connectivity index (χ1) is 11.0.